The molecule has 0 heterocycles. The van der Waals surface area contributed by atoms with Gasteiger partial charge in [0, 0.05) is 33.2 Å². The van der Waals surface area contributed by atoms with Crippen LogP contribution in [0.1, 0.15) is 18.4 Å². The quantitative estimate of drug-likeness (QED) is 0.650. The minimum Gasteiger partial charge on any atom is -0.385 e. The summed E-state index contributed by atoms with van der Waals surface area (Å²) in [6, 6.07) is 9.92. The van der Waals surface area contributed by atoms with Crippen LogP contribution in [-0.4, -0.2) is 32.7 Å². The van der Waals surface area contributed by atoms with E-state index < -0.39 is 0 Å². The molecule has 0 aromatic heterocycles. The van der Waals surface area contributed by atoms with Gasteiger partial charge in [-0.2, -0.15) is 0 Å². The molecule has 1 aromatic carbocycles. The van der Waals surface area contributed by atoms with Crippen molar-refractivity contribution in [3.8, 4) is 0 Å². The maximum Gasteiger partial charge on any atom is 0.221 e. The van der Waals surface area contributed by atoms with Crippen molar-refractivity contribution in [2.75, 3.05) is 26.8 Å². The summed E-state index contributed by atoms with van der Waals surface area (Å²) in [5, 5.41) is 6.11. The van der Waals surface area contributed by atoms with Crippen LogP contribution in [0.4, 0.5) is 0 Å². The van der Waals surface area contributed by atoms with Crippen molar-refractivity contribution >= 4 is 5.91 Å². The Bertz CT molecular complexity index is 328. The topological polar surface area (TPSA) is 50.4 Å². The zero-order valence-corrected chi connectivity index (χ0v) is 10.9. The average molecular weight is 250 g/mol. The molecule has 0 radical (unpaired) electrons. The highest BCUT2D eigenvalue weighted by Crippen LogP contribution is 1.97. The fraction of sp³-hybridized carbons (Fsp3) is 0.500. The van der Waals surface area contributed by atoms with E-state index in [0.717, 1.165) is 25.1 Å². The first-order chi connectivity index (χ1) is 8.83. The molecule has 0 spiro atoms. The van der Waals surface area contributed by atoms with Crippen LogP contribution >= 0.6 is 0 Å². The minimum atomic E-state index is 0.0816. The standard InChI is InChI=1S/C14H22N2O2/c1-18-11-5-9-15-10-8-14(17)16-12-13-6-3-2-4-7-13/h2-4,6-7,15H,5,8-12H2,1H3,(H,16,17). The summed E-state index contributed by atoms with van der Waals surface area (Å²) in [5.74, 6) is 0.0816. The molecule has 4 heteroatoms. The lowest BCUT2D eigenvalue weighted by atomic mass is 10.2. The highest BCUT2D eigenvalue weighted by Gasteiger charge is 2.00. The van der Waals surface area contributed by atoms with Crippen molar-refractivity contribution in [3.05, 3.63) is 35.9 Å². The van der Waals surface area contributed by atoms with Crippen LogP contribution in [0.3, 0.4) is 0 Å². The van der Waals surface area contributed by atoms with Crippen LogP contribution in [-0.2, 0) is 16.1 Å². The largest absolute Gasteiger partial charge is 0.385 e. The number of amides is 1. The molecule has 0 saturated carbocycles. The van der Waals surface area contributed by atoms with Gasteiger partial charge in [-0.15, -0.1) is 0 Å². The Hall–Kier alpha value is -1.39. The Morgan fingerprint density at radius 2 is 2.00 bits per heavy atom. The van der Waals surface area contributed by atoms with Gasteiger partial charge in [0.15, 0.2) is 0 Å². The second-order valence-electron chi connectivity index (χ2n) is 4.11. The molecule has 100 valence electrons. The summed E-state index contributed by atoms with van der Waals surface area (Å²) in [6.07, 6.45) is 1.49. The molecule has 0 saturated heterocycles. The Kier molecular flexibility index (Phi) is 7.84. The lowest BCUT2D eigenvalue weighted by molar-refractivity contribution is -0.121. The maximum atomic E-state index is 11.5. The van der Waals surface area contributed by atoms with E-state index in [2.05, 4.69) is 10.6 Å². The van der Waals surface area contributed by atoms with Crippen LogP contribution < -0.4 is 10.6 Å². The number of methoxy groups -OCH3 is 1. The molecule has 2 N–H and O–H groups in total. The number of hydrogen-bond donors (Lipinski definition) is 2. The van der Waals surface area contributed by atoms with Crippen LogP contribution in [0.25, 0.3) is 0 Å². The smallest absolute Gasteiger partial charge is 0.221 e. The van der Waals surface area contributed by atoms with E-state index in [1.807, 2.05) is 30.3 Å². The van der Waals surface area contributed by atoms with Gasteiger partial charge in [0.2, 0.25) is 5.91 Å². The van der Waals surface area contributed by atoms with Crippen LogP contribution in [0.15, 0.2) is 30.3 Å². The average Bonchev–Trinajstić information content (AvgIpc) is 2.41. The molecule has 0 aliphatic heterocycles. The van der Waals surface area contributed by atoms with E-state index in [-0.39, 0.29) is 5.91 Å². The Morgan fingerprint density at radius 1 is 1.22 bits per heavy atom. The Labute approximate surface area is 109 Å². The lowest BCUT2D eigenvalue weighted by Gasteiger charge is -2.06. The zero-order valence-electron chi connectivity index (χ0n) is 10.9. The van der Waals surface area contributed by atoms with Gasteiger partial charge in [-0.3, -0.25) is 4.79 Å². The van der Waals surface area contributed by atoms with E-state index in [1.54, 1.807) is 7.11 Å². The summed E-state index contributed by atoms with van der Waals surface area (Å²) >= 11 is 0. The number of nitrogens with one attached hydrogen (secondary N) is 2. The van der Waals surface area contributed by atoms with Gasteiger partial charge in [-0.1, -0.05) is 30.3 Å². The molecule has 1 amide bonds. The SMILES string of the molecule is COCCCNCCC(=O)NCc1ccccc1. The third-order valence-corrected chi connectivity index (χ3v) is 2.56. The number of ether oxygens (including phenoxy) is 1. The second kappa shape index (κ2) is 9.62. The van der Waals surface area contributed by atoms with E-state index in [0.29, 0.717) is 19.5 Å². The molecule has 0 aliphatic rings. The van der Waals surface area contributed by atoms with Gasteiger partial charge in [0.05, 0.1) is 0 Å². The molecule has 0 atom stereocenters. The van der Waals surface area contributed by atoms with Crippen molar-refractivity contribution in [3.63, 3.8) is 0 Å². The predicted molar refractivity (Wildman–Crippen MR) is 72.3 cm³/mol. The van der Waals surface area contributed by atoms with Crippen molar-refractivity contribution in [2.45, 2.75) is 19.4 Å². The summed E-state index contributed by atoms with van der Waals surface area (Å²) in [6.45, 7) is 2.96. The Morgan fingerprint density at radius 3 is 2.72 bits per heavy atom. The predicted octanol–water partition coefficient (Wildman–Crippen LogP) is 1.32. The molecule has 0 bridgehead atoms. The number of benzene rings is 1. The van der Waals surface area contributed by atoms with E-state index in [4.69, 9.17) is 4.74 Å². The normalized spacial score (nSPS) is 10.3. The van der Waals surface area contributed by atoms with Crippen molar-refractivity contribution in [1.82, 2.24) is 10.6 Å². The fourth-order valence-corrected chi connectivity index (χ4v) is 1.55. The van der Waals surface area contributed by atoms with Crippen molar-refractivity contribution in [1.29, 1.82) is 0 Å². The van der Waals surface area contributed by atoms with Crippen molar-refractivity contribution < 1.29 is 9.53 Å². The van der Waals surface area contributed by atoms with Gasteiger partial charge in [0.25, 0.3) is 0 Å². The summed E-state index contributed by atoms with van der Waals surface area (Å²) in [7, 11) is 1.69. The van der Waals surface area contributed by atoms with Gasteiger partial charge < -0.3 is 15.4 Å². The molecule has 0 fully saturated rings. The third kappa shape index (κ3) is 7.04. The molecule has 4 nitrogen and oxygen atoms in total. The molecule has 0 unspecified atom stereocenters. The molecular weight excluding hydrogens is 228 g/mol. The second-order valence-corrected chi connectivity index (χ2v) is 4.11. The fourth-order valence-electron chi connectivity index (χ4n) is 1.55. The molecular formula is C14H22N2O2. The van der Waals surface area contributed by atoms with Gasteiger partial charge in [-0.25, -0.2) is 0 Å². The van der Waals surface area contributed by atoms with E-state index in [1.165, 1.54) is 0 Å². The highest BCUT2D eigenvalue weighted by molar-refractivity contribution is 5.76. The van der Waals surface area contributed by atoms with Gasteiger partial charge >= 0.3 is 0 Å². The summed E-state index contributed by atoms with van der Waals surface area (Å²) in [4.78, 5) is 11.5. The number of carbonyl (C=O) groups is 1. The van der Waals surface area contributed by atoms with Crippen LogP contribution in [0.2, 0.25) is 0 Å². The van der Waals surface area contributed by atoms with Crippen LogP contribution in [0, 0.1) is 0 Å². The van der Waals surface area contributed by atoms with E-state index >= 15 is 0 Å². The minimum absolute atomic E-state index is 0.0816. The third-order valence-electron chi connectivity index (χ3n) is 2.56. The van der Waals surface area contributed by atoms with Gasteiger partial charge in [-0.05, 0) is 18.5 Å². The highest BCUT2D eigenvalue weighted by atomic mass is 16.5. The molecule has 18 heavy (non-hydrogen) atoms. The number of hydrogen-bond acceptors (Lipinski definition) is 3. The maximum absolute atomic E-state index is 11.5. The first kappa shape index (κ1) is 14.7. The summed E-state index contributed by atoms with van der Waals surface area (Å²) < 4.78 is 4.94. The molecule has 1 rings (SSSR count). The van der Waals surface area contributed by atoms with E-state index in [9.17, 15) is 4.79 Å². The van der Waals surface area contributed by atoms with Gasteiger partial charge in [0.1, 0.15) is 0 Å². The monoisotopic (exact) mass is 250 g/mol. The Balaban J connectivity index is 2.01. The van der Waals surface area contributed by atoms with Crippen molar-refractivity contribution in [2.24, 2.45) is 0 Å². The zero-order chi connectivity index (χ0) is 13.1. The lowest BCUT2D eigenvalue weighted by Crippen LogP contribution is -2.27. The molecule has 1 aromatic rings. The molecule has 0 aliphatic carbocycles. The first-order valence-corrected chi connectivity index (χ1v) is 6.33. The number of rotatable bonds is 9. The first-order valence-electron chi connectivity index (χ1n) is 6.33. The number of carbonyl (C=O) groups excluding carboxylic acids is 1. The van der Waals surface area contributed by atoms with Crippen LogP contribution in [0.5, 0.6) is 0 Å². The summed E-state index contributed by atoms with van der Waals surface area (Å²) in [5.41, 5.74) is 1.12.